The quantitative estimate of drug-likeness (QED) is 0.210. The molecule has 29 heavy (non-hydrogen) atoms. The van der Waals surface area contributed by atoms with Gasteiger partial charge in [0.1, 0.15) is 17.9 Å². The summed E-state index contributed by atoms with van der Waals surface area (Å²) >= 11 is 2.00. The van der Waals surface area contributed by atoms with E-state index in [1.165, 1.54) is 12.1 Å². The molecule has 0 aliphatic rings. The maximum absolute atomic E-state index is 12.8. The molecule has 0 saturated carbocycles. The van der Waals surface area contributed by atoms with Gasteiger partial charge in [-0.2, -0.15) is 0 Å². The third-order valence-electron chi connectivity index (χ3n) is 3.94. The average molecular weight is 525 g/mol. The van der Waals surface area contributed by atoms with Crippen LogP contribution < -0.4 is 4.74 Å². The molecule has 0 amide bonds. The number of ether oxygens (including phenoxy) is 2. The minimum atomic E-state index is -4.51. The van der Waals surface area contributed by atoms with E-state index in [4.69, 9.17) is 9.47 Å². The second-order valence-corrected chi connectivity index (χ2v) is 8.72. The van der Waals surface area contributed by atoms with Gasteiger partial charge in [0.2, 0.25) is 0 Å². The Labute approximate surface area is 180 Å². The fourth-order valence-corrected chi connectivity index (χ4v) is 3.37. The first kappa shape index (κ1) is 21.2. The molecule has 3 aromatic rings. The third-order valence-corrected chi connectivity index (χ3v) is 5.28. The molecule has 0 spiro atoms. The zero-order valence-electron chi connectivity index (χ0n) is 14.8. The van der Waals surface area contributed by atoms with E-state index < -0.39 is 34.4 Å². The zero-order valence-corrected chi connectivity index (χ0v) is 17.8. The van der Waals surface area contributed by atoms with Crippen molar-refractivity contribution < 1.29 is 32.0 Å². The lowest BCUT2D eigenvalue weighted by Gasteiger charge is -2.12. The second-order valence-electron chi connectivity index (χ2n) is 5.95. The number of halogens is 1. The van der Waals surface area contributed by atoms with Gasteiger partial charge in [-0.25, -0.2) is 18.0 Å². The van der Waals surface area contributed by atoms with Gasteiger partial charge in [0.25, 0.3) is 0 Å². The predicted molar refractivity (Wildman–Crippen MR) is 113 cm³/mol. The van der Waals surface area contributed by atoms with Crippen LogP contribution in [-0.2, 0) is 14.9 Å². The first-order valence-electron chi connectivity index (χ1n) is 8.35. The second kappa shape index (κ2) is 8.89. The number of carbonyl (C=O) groups excluding carboxylic acids is 2. The highest BCUT2D eigenvalue weighted by atomic mass is 127. The van der Waals surface area contributed by atoms with Crippen LogP contribution in [0.5, 0.6) is 5.75 Å². The van der Waals surface area contributed by atoms with Crippen molar-refractivity contribution in [1.29, 1.82) is 0 Å². The third kappa shape index (κ3) is 5.52. The molecule has 0 heterocycles. The maximum atomic E-state index is 12.8. The van der Waals surface area contributed by atoms with Crippen LogP contribution in [0.4, 0.5) is 0 Å². The first-order chi connectivity index (χ1) is 13.7. The van der Waals surface area contributed by atoms with Crippen LogP contribution in [0.1, 0.15) is 20.7 Å². The summed E-state index contributed by atoms with van der Waals surface area (Å²) in [4.78, 5) is 25.0. The van der Waals surface area contributed by atoms with Crippen molar-refractivity contribution in [3.8, 4) is 5.75 Å². The molecule has 0 aromatic heterocycles. The Morgan fingerprint density at radius 2 is 1.66 bits per heavy atom. The van der Waals surface area contributed by atoms with E-state index in [1.807, 2.05) is 40.8 Å². The Morgan fingerprint density at radius 1 is 0.931 bits per heavy atom. The molecule has 0 aliphatic carbocycles. The van der Waals surface area contributed by atoms with Crippen LogP contribution >= 0.6 is 22.6 Å². The lowest BCUT2D eigenvalue weighted by Crippen LogP contribution is -2.17. The van der Waals surface area contributed by atoms with Gasteiger partial charge in [-0.3, -0.25) is 0 Å². The topological polar surface area (TPSA) is 110 Å². The largest absolute Gasteiger partial charge is 0.748 e. The number of esters is 2. The summed E-state index contributed by atoms with van der Waals surface area (Å²) < 4.78 is 43.0. The number of hydrogen-bond donors (Lipinski definition) is 0. The molecule has 3 aromatic carbocycles. The van der Waals surface area contributed by atoms with Crippen molar-refractivity contribution >= 4 is 55.4 Å². The SMILES string of the molecule is O=C(OCCS(=O)(=O)[O-])c1ccc(I)cc1OC(=O)c1cccc2ccccc12. The average Bonchev–Trinajstić information content (AvgIpc) is 2.66. The molecule has 0 N–H and O–H groups in total. The van der Waals surface area contributed by atoms with E-state index in [9.17, 15) is 22.6 Å². The molecule has 7 nitrogen and oxygen atoms in total. The van der Waals surface area contributed by atoms with E-state index in [0.29, 0.717) is 14.5 Å². The van der Waals surface area contributed by atoms with E-state index in [-0.39, 0.29) is 11.3 Å². The first-order valence-corrected chi connectivity index (χ1v) is 11.0. The molecule has 0 aliphatic heterocycles. The molecule has 9 heteroatoms. The molecule has 0 atom stereocenters. The number of hydrogen-bond acceptors (Lipinski definition) is 7. The van der Waals surface area contributed by atoms with Gasteiger partial charge in [-0.1, -0.05) is 36.4 Å². The molecule has 0 saturated heterocycles. The van der Waals surface area contributed by atoms with Gasteiger partial charge < -0.3 is 14.0 Å². The summed E-state index contributed by atoms with van der Waals surface area (Å²) in [7, 11) is -4.51. The van der Waals surface area contributed by atoms with Gasteiger partial charge in [-0.05, 0) is 57.6 Å². The van der Waals surface area contributed by atoms with Gasteiger partial charge >= 0.3 is 11.9 Å². The Hall–Kier alpha value is -2.50. The fourth-order valence-electron chi connectivity index (χ4n) is 2.62. The standard InChI is InChI=1S/C20H15IO7S/c21-14-8-9-17(19(22)27-10-11-29(24,25)26)18(12-14)28-20(23)16-7-3-5-13-4-1-2-6-15(13)16/h1-9,12H,10-11H2,(H,24,25,26)/p-1. The van der Waals surface area contributed by atoms with E-state index in [0.717, 1.165) is 5.39 Å². The van der Waals surface area contributed by atoms with Crippen LogP contribution in [-0.4, -0.2) is 37.3 Å². The summed E-state index contributed by atoms with van der Waals surface area (Å²) in [6, 6.07) is 17.0. The van der Waals surface area contributed by atoms with E-state index in [2.05, 4.69) is 0 Å². The van der Waals surface area contributed by atoms with Crippen molar-refractivity contribution in [3.63, 3.8) is 0 Å². The number of benzene rings is 3. The molecule has 150 valence electrons. The summed E-state index contributed by atoms with van der Waals surface area (Å²) in [6.07, 6.45) is 0. The summed E-state index contributed by atoms with van der Waals surface area (Å²) in [5.41, 5.74) is 0.279. The van der Waals surface area contributed by atoms with Crippen molar-refractivity contribution in [2.75, 3.05) is 12.4 Å². The highest BCUT2D eigenvalue weighted by molar-refractivity contribution is 14.1. The maximum Gasteiger partial charge on any atom is 0.344 e. The van der Waals surface area contributed by atoms with Crippen LogP contribution in [0.15, 0.2) is 60.7 Å². The van der Waals surface area contributed by atoms with Crippen LogP contribution in [0, 0.1) is 3.57 Å². The van der Waals surface area contributed by atoms with Gasteiger partial charge in [0.15, 0.2) is 0 Å². The Balaban J connectivity index is 1.86. The molecule has 0 bridgehead atoms. The van der Waals surface area contributed by atoms with Crippen LogP contribution in [0.3, 0.4) is 0 Å². The van der Waals surface area contributed by atoms with Crippen molar-refractivity contribution in [2.45, 2.75) is 0 Å². The minimum absolute atomic E-state index is 0.0233. The predicted octanol–water partition coefficient (Wildman–Crippen LogP) is 3.37. The highest BCUT2D eigenvalue weighted by Gasteiger charge is 2.19. The highest BCUT2D eigenvalue weighted by Crippen LogP contribution is 2.25. The molecule has 0 radical (unpaired) electrons. The van der Waals surface area contributed by atoms with Gasteiger partial charge in [0.05, 0.1) is 21.4 Å². The number of rotatable bonds is 6. The zero-order chi connectivity index (χ0) is 21.0. The lowest BCUT2D eigenvalue weighted by molar-refractivity contribution is 0.0522. The summed E-state index contributed by atoms with van der Waals surface area (Å²) in [5.74, 6) is -2.41. The molecule has 0 unspecified atom stereocenters. The minimum Gasteiger partial charge on any atom is -0.748 e. The van der Waals surface area contributed by atoms with E-state index in [1.54, 1.807) is 30.3 Å². The van der Waals surface area contributed by atoms with Crippen LogP contribution in [0.2, 0.25) is 0 Å². The lowest BCUT2D eigenvalue weighted by atomic mass is 10.0. The molecule has 0 fully saturated rings. The number of fused-ring (bicyclic) bond motifs is 1. The molecule has 3 rings (SSSR count). The van der Waals surface area contributed by atoms with Crippen molar-refractivity contribution in [3.05, 3.63) is 75.4 Å². The molecular formula is C20H14IO7S-. The Bertz CT molecular complexity index is 1180. The normalized spacial score (nSPS) is 11.2. The summed E-state index contributed by atoms with van der Waals surface area (Å²) in [5, 5.41) is 1.57. The molecular weight excluding hydrogens is 511 g/mol. The smallest absolute Gasteiger partial charge is 0.344 e. The monoisotopic (exact) mass is 525 g/mol. The van der Waals surface area contributed by atoms with Gasteiger partial charge in [-0.15, -0.1) is 0 Å². The van der Waals surface area contributed by atoms with Crippen molar-refractivity contribution in [1.82, 2.24) is 0 Å². The van der Waals surface area contributed by atoms with Crippen molar-refractivity contribution in [2.24, 2.45) is 0 Å². The Kier molecular flexibility index (Phi) is 6.50. The fraction of sp³-hybridized carbons (Fsp3) is 0.100. The van der Waals surface area contributed by atoms with Gasteiger partial charge in [0, 0.05) is 3.57 Å². The van der Waals surface area contributed by atoms with E-state index >= 15 is 0 Å². The van der Waals surface area contributed by atoms with Crippen LogP contribution in [0.25, 0.3) is 10.8 Å². The summed E-state index contributed by atoms with van der Waals surface area (Å²) in [6.45, 7) is -0.590. The number of carbonyl (C=O) groups is 2. The Morgan fingerprint density at radius 3 is 2.41 bits per heavy atom.